The summed E-state index contributed by atoms with van der Waals surface area (Å²) in [6, 6.07) is 0. The molecule has 0 spiro atoms. The Balaban J connectivity index is 2.35. The zero-order valence-electron chi connectivity index (χ0n) is 9.62. The van der Waals surface area contributed by atoms with Gasteiger partial charge in [0.25, 0.3) is 0 Å². The van der Waals surface area contributed by atoms with Gasteiger partial charge in [0.2, 0.25) is 0 Å². The Bertz CT molecular complexity index is 165. The van der Waals surface area contributed by atoms with Gasteiger partial charge in [0.1, 0.15) is 0 Å². The van der Waals surface area contributed by atoms with Crippen molar-refractivity contribution in [2.75, 3.05) is 26.2 Å². The van der Waals surface area contributed by atoms with Crippen LogP contribution in [0.2, 0.25) is 0 Å². The molecule has 0 aromatic carbocycles. The van der Waals surface area contributed by atoms with E-state index in [1.807, 2.05) is 20.8 Å². The monoisotopic (exact) mass is 201 g/mol. The van der Waals surface area contributed by atoms with Crippen molar-refractivity contribution < 1.29 is 9.84 Å². The molecule has 1 aliphatic heterocycles. The Kier molecular flexibility index (Phi) is 4.35. The first-order valence-corrected chi connectivity index (χ1v) is 5.60. The SMILES string of the molecule is CCOC(C)(C)C(O)CN1CCCC1. The summed E-state index contributed by atoms with van der Waals surface area (Å²) < 4.78 is 5.52. The number of β-amino-alcohol motifs (C(OH)–C–C–N with tert-alkyl or cyclic N) is 1. The second-order valence-electron chi connectivity index (χ2n) is 4.56. The molecule has 1 aliphatic rings. The van der Waals surface area contributed by atoms with E-state index in [-0.39, 0.29) is 6.10 Å². The summed E-state index contributed by atoms with van der Waals surface area (Å²) >= 11 is 0. The molecule has 1 N–H and O–H groups in total. The zero-order valence-corrected chi connectivity index (χ0v) is 9.62. The highest BCUT2D eigenvalue weighted by atomic mass is 16.5. The third-order valence-corrected chi connectivity index (χ3v) is 2.95. The molecular formula is C11H23NO2. The van der Waals surface area contributed by atoms with Crippen molar-refractivity contribution in [1.82, 2.24) is 4.90 Å². The average molecular weight is 201 g/mol. The highest BCUT2D eigenvalue weighted by Gasteiger charge is 2.30. The summed E-state index contributed by atoms with van der Waals surface area (Å²) in [5.74, 6) is 0. The molecule has 0 bridgehead atoms. The second-order valence-corrected chi connectivity index (χ2v) is 4.56. The molecule has 1 fully saturated rings. The molecular weight excluding hydrogens is 178 g/mol. The minimum Gasteiger partial charge on any atom is -0.389 e. The first kappa shape index (κ1) is 12.0. The van der Waals surface area contributed by atoms with Gasteiger partial charge in [-0.25, -0.2) is 0 Å². The van der Waals surface area contributed by atoms with E-state index in [4.69, 9.17) is 4.74 Å². The highest BCUT2D eigenvalue weighted by molar-refractivity contribution is 4.82. The van der Waals surface area contributed by atoms with Crippen LogP contribution >= 0.6 is 0 Å². The van der Waals surface area contributed by atoms with Crippen molar-refractivity contribution in [2.24, 2.45) is 0 Å². The molecule has 0 saturated carbocycles. The quantitative estimate of drug-likeness (QED) is 0.727. The Hall–Kier alpha value is -0.120. The van der Waals surface area contributed by atoms with Gasteiger partial charge >= 0.3 is 0 Å². The average Bonchev–Trinajstić information content (AvgIpc) is 2.56. The molecule has 1 atom stereocenters. The Morgan fingerprint density at radius 2 is 1.93 bits per heavy atom. The lowest BCUT2D eigenvalue weighted by molar-refractivity contribution is -0.103. The topological polar surface area (TPSA) is 32.7 Å². The fraction of sp³-hybridized carbons (Fsp3) is 1.00. The summed E-state index contributed by atoms with van der Waals surface area (Å²) in [7, 11) is 0. The van der Waals surface area contributed by atoms with Crippen LogP contribution in [0.3, 0.4) is 0 Å². The van der Waals surface area contributed by atoms with Crippen LogP contribution in [0, 0.1) is 0 Å². The van der Waals surface area contributed by atoms with Gasteiger partial charge in [0.15, 0.2) is 0 Å². The van der Waals surface area contributed by atoms with Crippen molar-refractivity contribution in [3.63, 3.8) is 0 Å². The van der Waals surface area contributed by atoms with E-state index in [0.717, 1.165) is 19.6 Å². The number of hydrogen-bond acceptors (Lipinski definition) is 3. The minimum absolute atomic E-state index is 0.388. The smallest absolute Gasteiger partial charge is 0.0950 e. The molecule has 1 heterocycles. The maximum absolute atomic E-state index is 10.0. The van der Waals surface area contributed by atoms with Crippen molar-refractivity contribution in [2.45, 2.75) is 45.3 Å². The lowest BCUT2D eigenvalue weighted by Crippen LogP contribution is -2.46. The van der Waals surface area contributed by atoms with E-state index >= 15 is 0 Å². The van der Waals surface area contributed by atoms with Gasteiger partial charge in [-0.3, -0.25) is 0 Å². The lowest BCUT2D eigenvalue weighted by atomic mass is 10.0. The van der Waals surface area contributed by atoms with E-state index in [0.29, 0.717) is 6.61 Å². The largest absolute Gasteiger partial charge is 0.389 e. The van der Waals surface area contributed by atoms with E-state index in [2.05, 4.69) is 4.90 Å². The van der Waals surface area contributed by atoms with Gasteiger partial charge in [-0.1, -0.05) is 0 Å². The Morgan fingerprint density at radius 1 is 1.36 bits per heavy atom. The van der Waals surface area contributed by atoms with Crippen LogP contribution in [0.25, 0.3) is 0 Å². The van der Waals surface area contributed by atoms with Gasteiger partial charge in [-0.05, 0) is 46.7 Å². The number of rotatable bonds is 5. The van der Waals surface area contributed by atoms with Crippen LogP contribution in [-0.2, 0) is 4.74 Å². The molecule has 3 heteroatoms. The minimum atomic E-state index is -0.419. The number of hydrogen-bond donors (Lipinski definition) is 1. The first-order valence-electron chi connectivity index (χ1n) is 5.60. The van der Waals surface area contributed by atoms with Gasteiger partial charge < -0.3 is 14.7 Å². The maximum Gasteiger partial charge on any atom is 0.0950 e. The van der Waals surface area contributed by atoms with E-state index in [1.54, 1.807) is 0 Å². The van der Waals surface area contributed by atoms with Crippen molar-refractivity contribution in [3.05, 3.63) is 0 Å². The molecule has 3 nitrogen and oxygen atoms in total. The number of nitrogens with zero attached hydrogens (tertiary/aromatic N) is 1. The van der Waals surface area contributed by atoms with Crippen LogP contribution in [0.1, 0.15) is 33.6 Å². The first-order chi connectivity index (χ1) is 6.56. The molecule has 14 heavy (non-hydrogen) atoms. The number of ether oxygens (including phenoxy) is 1. The van der Waals surface area contributed by atoms with E-state index in [9.17, 15) is 5.11 Å². The standard InChI is InChI=1S/C11H23NO2/c1-4-14-11(2,3)10(13)9-12-7-5-6-8-12/h10,13H,4-9H2,1-3H3. The van der Waals surface area contributed by atoms with Crippen LogP contribution in [0.5, 0.6) is 0 Å². The molecule has 0 aromatic rings. The fourth-order valence-electron chi connectivity index (χ4n) is 1.90. The van der Waals surface area contributed by atoms with Crippen LogP contribution < -0.4 is 0 Å². The molecule has 1 rings (SSSR count). The van der Waals surface area contributed by atoms with Crippen LogP contribution in [0.15, 0.2) is 0 Å². The van der Waals surface area contributed by atoms with Gasteiger partial charge in [0.05, 0.1) is 11.7 Å². The molecule has 0 aromatic heterocycles. The molecule has 0 amide bonds. The summed E-state index contributed by atoms with van der Waals surface area (Å²) in [6.07, 6.45) is 2.14. The summed E-state index contributed by atoms with van der Waals surface area (Å²) in [5, 5.41) is 10.0. The van der Waals surface area contributed by atoms with Crippen molar-refractivity contribution >= 4 is 0 Å². The van der Waals surface area contributed by atoms with Gasteiger partial charge in [0, 0.05) is 13.2 Å². The third-order valence-electron chi connectivity index (χ3n) is 2.95. The third kappa shape index (κ3) is 3.23. The predicted octanol–water partition coefficient (Wildman–Crippen LogP) is 1.26. The van der Waals surface area contributed by atoms with Gasteiger partial charge in [-0.15, -0.1) is 0 Å². The summed E-state index contributed by atoms with van der Waals surface area (Å²) in [5.41, 5.74) is -0.419. The Labute approximate surface area is 87.1 Å². The molecule has 1 unspecified atom stereocenters. The predicted molar refractivity (Wildman–Crippen MR) is 57.4 cm³/mol. The zero-order chi connectivity index (χ0) is 10.6. The number of likely N-dealkylation sites (tertiary alicyclic amines) is 1. The van der Waals surface area contributed by atoms with Crippen LogP contribution in [0.4, 0.5) is 0 Å². The van der Waals surface area contributed by atoms with Crippen molar-refractivity contribution in [1.29, 1.82) is 0 Å². The lowest BCUT2D eigenvalue weighted by Gasteiger charge is -2.32. The highest BCUT2D eigenvalue weighted by Crippen LogP contribution is 2.18. The molecule has 84 valence electrons. The number of aliphatic hydroxyl groups is 1. The molecule has 0 radical (unpaired) electrons. The van der Waals surface area contributed by atoms with Crippen molar-refractivity contribution in [3.8, 4) is 0 Å². The normalized spacial score (nSPS) is 21.4. The Morgan fingerprint density at radius 3 is 2.43 bits per heavy atom. The van der Waals surface area contributed by atoms with Crippen LogP contribution in [-0.4, -0.2) is 48.0 Å². The maximum atomic E-state index is 10.0. The summed E-state index contributed by atoms with van der Waals surface area (Å²) in [4.78, 5) is 2.31. The molecule has 0 aliphatic carbocycles. The second kappa shape index (κ2) is 5.10. The fourth-order valence-corrected chi connectivity index (χ4v) is 1.90. The van der Waals surface area contributed by atoms with E-state index in [1.165, 1.54) is 12.8 Å². The van der Waals surface area contributed by atoms with Gasteiger partial charge in [-0.2, -0.15) is 0 Å². The summed E-state index contributed by atoms with van der Waals surface area (Å²) in [6.45, 7) is 9.52. The number of aliphatic hydroxyl groups excluding tert-OH is 1. The van der Waals surface area contributed by atoms with E-state index < -0.39 is 5.60 Å². The molecule has 1 saturated heterocycles.